The molecule has 4 rings (SSSR count). The Morgan fingerprint density at radius 2 is 1.64 bits per heavy atom. The first-order chi connectivity index (χ1) is 15.9. The lowest BCUT2D eigenvalue weighted by Crippen LogP contribution is -2.29. The highest BCUT2D eigenvalue weighted by atomic mass is 16.5. The third-order valence-corrected chi connectivity index (χ3v) is 5.31. The predicted octanol–water partition coefficient (Wildman–Crippen LogP) is 3.77. The molecule has 8 nitrogen and oxygen atoms in total. The van der Waals surface area contributed by atoms with Crippen molar-refractivity contribution in [3.8, 4) is 5.75 Å². The molecule has 0 aliphatic carbocycles. The van der Waals surface area contributed by atoms with Gasteiger partial charge in [0.05, 0.1) is 23.9 Å². The zero-order chi connectivity index (χ0) is 23.5. The Bertz CT molecular complexity index is 1270. The predicted molar refractivity (Wildman–Crippen MR) is 121 cm³/mol. The van der Waals surface area contributed by atoms with E-state index < -0.39 is 23.7 Å². The summed E-state index contributed by atoms with van der Waals surface area (Å²) in [4.78, 5) is 50.4. The van der Waals surface area contributed by atoms with Crippen LogP contribution < -0.4 is 15.0 Å². The number of para-hydroxylation sites is 2. The van der Waals surface area contributed by atoms with Gasteiger partial charge in [-0.25, -0.2) is 4.90 Å². The summed E-state index contributed by atoms with van der Waals surface area (Å²) in [6.07, 6.45) is 0.423. The van der Waals surface area contributed by atoms with Crippen LogP contribution in [0.3, 0.4) is 0 Å². The first-order valence-electron chi connectivity index (χ1n) is 10.2. The molecule has 1 aliphatic heterocycles. The van der Waals surface area contributed by atoms with Crippen LogP contribution in [0.4, 0.5) is 11.4 Å². The highest BCUT2D eigenvalue weighted by Crippen LogP contribution is 2.35. The molecule has 0 aromatic heterocycles. The Balaban J connectivity index is 1.53. The molecule has 0 spiro atoms. The molecule has 0 bridgehead atoms. The van der Waals surface area contributed by atoms with E-state index in [2.05, 4.69) is 5.32 Å². The third-order valence-electron chi connectivity index (χ3n) is 5.31. The number of amides is 3. The number of benzene rings is 3. The van der Waals surface area contributed by atoms with E-state index >= 15 is 0 Å². The van der Waals surface area contributed by atoms with Crippen LogP contribution in [-0.2, 0) is 11.2 Å². The Kier molecular flexibility index (Phi) is 5.91. The summed E-state index contributed by atoms with van der Waals surface area (Å²) in [7, 11) is 1.46. The van der Waals surface area contributed by atoms with Crippen LogP contribution in [0.1, 0.15) is 43.1 Å². The molecule has 166 valence electrons. The van der Waals surface area contributed by atoms with Gasteiger partial charge in [0.1, 0.15) is 5.75 Å². The number of carbonyl (C=O) groups is 4. The maximum atomic E-state index is 13.0. The molecule has 2 N–H and O–H groups in total. The van der Waals surface area contributed by atoms with Gasteiger partial charge in [-0.15, -0.1) is 0 Å². The van der Waals surface area contributed by atoms with E-state index in [1.807, 2.05) is 0 Å². The number of rotatable bonds is 7. The molecule has 0 unspecified atom stereocenters. The van der Waals surface area contributed by atoms with Crippen LogP contribution in [-0.4, -0.2) is 35.9 Å². The molecule has 3 amide bonds. The van der Waals surface area contributed by atoms with E-state index in [1.165, 1.54) is 25.3 Å². The van der Waals surface area contributed by atoms with Crippen LogP contribution in [0, 0.1) is 0 Å². The number of carboxylic acid groups (broad SMARTS) is 1. The number of fused-ring (bicyclic) bond motifs is 1. The minimum Gasteiger partial charge on any atom is -0.495 e. The average molecular weight is 444 g/mol. The number of carboxylic acids is 1. The zero-order valence-electron chi connectivity index (χ0n) is 17.7. The van der Waals surface area contributed by atoms with Gasteiger partial charge < -0.3 is 15.2 Å². The summed E-state index contributed by atoms with van der Waals surface area (Å²) in [6, 6.07) is 17.9. The Labute approximate surface area is 189 Å². The number of carbonyl (C=O) groups excluding carboxylic acids is 3. The van der Waals surface area contributed by atoms with Crippen LogP contribution in [0.5, 0.6) is 5.75 Å². The largest absolute Gasteiger partial charge is 0.495 e. The fraction of sp³-hybridized carbons (Fsp3) is 0.120. The molecule has 3 aromatic carbocycles. The van der Waals surface area contributed by atoms with Crippen molar-refractivity contribution in [3.05, 3.63) is 89.0 Å². The van der Waals surface area contributed by atoms with E-state index in [0.29, 0.717) is 23.5 Å². The number of hydrogen-bond donors (Lipinski definition) is 2. The molecule has 0 saturated heterocycles. The minimum atomic E-state index is -0.874. The summed E-state index contributed by atoms with van der Waals surface area (Å²) in [5, 5.41) is 11.5. The summed E-state index contributed by atoms with van der Waals surface area (Å²) in [5.74, 6) is -1.94. The fourth-order valence-corrected chi connectivity index (χ4v) is 3.62. The number of anilines is 2. The number of methoxy groups -OCH3 is 1. The van der Waals surface area contributed by atoms with Gasteiger partial charge in [0, 0.05) is 17.7 Å². The molecule has 0 atom stereocenters. The first-order valence-corrected chi connectivity index (χ1v) is 10.2. The van der Waals surface area contributed by atoms with Gasteiger partial charge in [-0.2, -0.15) is 0 Å². The second kappa shape index (κ2) is 8.96. The molecular weight excluding hydrogens is 424 g/mol. The van der Waals surface area contributed by atoms with E-state index in [-0.39, 0.29) is 23.1 Å². The van der Waals surface area contributed by atoms with Gasteiger partial charge in [0.25, 0.3) is 17.7 Å². The Morgan fingerprint density at radius 3 is 2.33 bits per heavy atom. The molecule has 0 radical (unpaired) electrons. The van der Waals surface area contributed by atoms with E-state index in [4.69, 9.17) is 9.84 Å². The van der Waals surface area contributed by atoms with Crippen molar-refractivity contribution in [2.45, 2.75) is 12.8 Å². The van der Waals surface area contributed by atoms with Crippen molar-refractivity contribution >= 4 is 35.1 Å². The quantitative estimate of drug-likeness (QED) is 0.537. The Morgan fingerprint density at radius 1 is 0.939 bits per heavy atom. The van der Waals surface area contributed by atoms with Crippen LogP contribution in [0.25, 0.3) is 0 Å². The number of hydrogen-bond acceptors (Lipinski definition) is 5. The highest BCUT2D eigenvalue weighted by molar-refractivity contribution is 6.35. The molecule has 0 fully saturated rings. The lowest BCUT2D eigenvalue weighted by Gasteiger charge is -2.16. The topological polar surface area (TPSA) is 113 Å². The number of imide groups is 1. The van der Waals surface area contributed by atoms with Crippen molar-refractivity contribution < 1.29 is 29.0 Å². The normalized spacial score (nSPS) is 12.5. The summed E-state index contributed by atoms with van der Waals surface area (Å²) < 4.78 is 5.28. The third kappa shape index (κ3) is 4.31. The molecule has 33 heavy (non-hydrogen) atoms. The van der Waals surface area contributed by atoms with Crippen molar-refractivity contribution in [2.75, 3.05) is 17.3 Å². The molecule has 1 heterocycles. The van der Waals surface area contributed by atoms with Crippen LogP contribution in [0.2, 0.25) is 0 Å². The highest BCUT2D eigenvalue weighted by Gasteiger charge is 2.38. The van der Waals surface area contributed by atoms with Gasteiger partial charge in [0.15, 0.2) is 0 Å². The van der Waals surface area contributed by atoms with E-state index in [9.17, 15) is 19.2 Å². The number of ether oxygens (including phenoxy) is 1. The molecule has 3 aromatic rings. The maximum absolute atomic E-state index is 13.0. The number of aryl methyl sites for hydroxylation is 1. The second-order valence-corrected chi connectivity index (χ2v) is 7.42. The van der Waals surface area contributed by atoms with Crippen molar-refractivity contribution in [1.29, 1.82) is 0 Å². The van der Waals surface area contributed by atoms with Gasteiger partial charge in [-0.1, -0.05) is 24.3 Å². The molecular formula is C25H20N2O6. The van der Waals surface area contributed by atoms with E-state index in [0.717, 1.165) is 10.5 Å². The minimum absolute atomic E-state index is 0.0272. The van der Waals surface area contributed by atoms with E-state index in [1.54, 1.807) is 48.5 Å². The number of nitrogens with one attached hydrogen (secondary N) is 1. The smallest absolute Gasteiger partial charge is 0.303 e. The van der Waals surface area contributed by atoms with Gasteiger partial charge in [-0.05, 0) is 54.4 Å². The molecule has 0 saturated carbocycles. The fourth-order valence-electron chi connectivity index (χ4n) is 3.62. The maximum Gasteiger partial charge on any atom is 0.303 e. The monoisotopic (exact) mass is 444 g/mol. The zero-order valence-corrected chi connectivity index (χ0v) is 17.7. The van der Waals surface area contributed by atoms with Gasteiger partial charge in [-0.3, -0.25) is 19.2 Å². The van der Waals surface area contributed by atoms with Gasteiger partial charge >= 0.3 is 5.97 Å². The average Bonchev–Trinajstić information content (AvgIpc) is 3.07. The molecule has 1 aliphatic rings. The lowest BCUT2D eigenvalue weighted by molar-refractivity contribution is -0.136. The van der Waals surface area contributed by atoms with Crippen molar-refractivity contribution in [1.82, 2.24) is 0 Å². The van der Waals surface area contributed by atoms with Crippen LogP contribution >= 0.6 is 0 Å². The van der Waals surface area contributed by atoms with Crippen LogP contribution in [0.15, 0.2) is 66.7 Å². The number of aliphatic carboxylic acids is 1. The summed E-state index contributed by atoms with van der Waals surface area (Å²) in [5.41, 5.74) is 2.28. The van der Waals surface area contributed by atoms with Crippen molar-refractivity contribution in [2.24, 2.45) is 0 Å². The summed E-state index contributed by atoms with van der Waals surface area (Å²) in [6.45, 7) is 0. The SMILES string of the molecule is COc1ccccc1N1C(=O)c2ccc(C(=O)Nc3ccc(CCC(=O)O)cc3)cc2C1=O. The summed E-state index contributed by atoms with van der Waals surface area (Å²) >= 11 is 0. The lowest BCUT2D eigenvalue weighted by atomic mass is 10.0. The Hall–Kier alpha value is -4.46. The molecule has 8 heteroatoms. The van der Waals surface area contributed by atoms with Gasteiger partial charge in [0.2, 0.25) is 0 Å². The van der Waals surface area contributed by atoms with Crippen molar-refractivity contribution in [3.63, 3.8) is 0 Å². The first kappa shape index (κ1) is 21.8. The number of nitrogens with zero attached hydrogens (tertiary/aromatic N) is 1. The standard InChI is InChI=1S/C25H20N2O6/c1-33-21-5-3-2-4-20(21)27-24(31)18-12-9-16(14-19(18)25(27)32)23(30)26-17-10-6-15(7-11-17)8-13-22(28)29/h2-7,9-12,14H,8,13H2,1H3,(H,26,30)(H,28,29). The second-order valence-electron chi connectivity index (χ2n) is 7.42.